The molecular formula is C17H16F3N7O. The van der Waals surface area contributed by atoms with Crippen LogP contribution in [-0.4, -0.2) is 38.1 Å². The normalized spacial score (nSPS) is 17.2. The molecule has 1 fully saturated rings. The average molecular weight is 391 g/mol. The monoisotopic (exact) mass is 391 g/mol. The molecule has 3 aromatic heterocycles. The molecule has 0 spiro atoms. The van der Waals surface area contributed by atoms with Crippen LogP contribution in [0, 0.1) is 0 Å². The summed E-state index contributed by atoms with van der Waals surface area (Å²) < 4.78 is 40.5. The number of amides is 1. The number of imidazole rings is 1. The van der Waals surface area contributed by atoms with Crippen LogP contribution in [0.4, 0.5) is 24.8 Å². The maximum Gasteiger partial charge on any atom is 0.419 e. The molecule has 4 heterocycles. The number of pyridine rings is 1. The largest absolute Gasteiger partial charge is 0.419 e. The van der Waals surface area contributed by atoms with Gasteiger partial charge in [0.1, 0.15) is 5.82 Å². The summed E-state index contributed by atoms with van der Waals surface area (Å²) in [7, 11) is 0. The lowest BCUT2D eigenvalue weighted by Gasteiger charge is -2.10. The van der Waals surface area contributed by atoms with Crippen molar-refractivity contribution in [3.63, 3.8) is 0 Å². The van der Waals surface area contributed by atoms with E-state index in [1.54, 1.807) is 6.07 Å². The van der Waals surface area contributed by atoms with Crippen LogP contribution in [0.2, 0.25) is 0 Å². The molecule has 11 heteroatoms. The number of carbonyl (C=O) groups is 1. The van der Waals surface area contributed by atoms with Crippen LogP contribution >= 0.6 is 0 Å². The Morgan fingerprint density at radius 1 is 1.36 bits per heavy atom. The fraction of sp³-hybridized carbons (Fsp3) is 0.294. The van der Waals surface area contributed by atoms with Crippen LogP contribution in [0.25, 0.3) is 16.9 Å². The summed E-state index contributed by atoms with van der Waals surface area (Å²) in [6.07, 6.45) is -0.194. The molecular weight excluding hydrogens is 375 g/mol. The minimum Gasteiger partial charge on any atom is -0.383 e. The van der Waals surface area contributed by atoms with Crippen LogP contribution in [0.1, 0.15) is 18.4 Å². The molecule has 3 aromatic rings. The Balaban J connectivity index is 1.62. The standard InChI is InChI=1S/C17H16F3N7O/c18-17(19,20)10-6-9(7-23-15(10)21)11-3-4-14-24-13(8-27(14)26-11)25-16(28)12-2-1-5-22-12/h3-4,6-8,12,22H,1-2,5H2,(H2,21,23)(H,25,28)/t12-/m0/s1. The van der Waals surface area contributed by atoms with Crippen molar-refractivity contribution in [2.24, 2.45) is 0 Å². The van der Waals surface area contributed by atoms with Crippen LogP contribution in [-0.2, 0) is 11.0 Å². The van der Waals surface area contributed by atoms with Crippen LogP contribution in [0.5, 0.6) is 0 Å². The number of halogens is 3. The van der Waals surface area contributed by atoms with Crippen molar-refractivity contribution < 1.29 is 18.0 Å². The Bertz CT molecular complexity index is 1040. The number of aromatic nitrogens is 4. The lowest BCUT2D eigenvalue weighted by molar-refractivity contribution is -0.137. The molecule has 0 aliphatic carbocycles. The van der Waals surface area contributed by atoms with Gasteiger partial charge in [0.05, 0.1) is 23.5 Å². The fourth-order valence-electron chi connectivity index (χ4n) is 3.06. The second-order valence-electron chi connectivity index (χ2n) is 6.44. The highest BCUT2D eigenvalue weighted by atomic mass is 19.4. The van der Waals surface area contributed by atoms with E-state index in [0.717, 1.165) is 25.5 Å². The van der Waals surface area contributed by atoms with Crippen molar-refractivity contribution in [3.8, 4) is 11.3 Å². The lowest BCUT2D eigenvalue weighted by atomic mass is 10.1. The first-order chi connectivity index (χ1) is 13.3. The zero-order valence-corrected chi connectivity index (χ0v) is 14.5. The van der Waals surface area contributed by atoms with E-state index in [1.165, 1.54) is 23.0 Å². The van der Waals surface area contributed by atoms with Gasteiger partial charge in [-0.25, -0.2) is 14.5 Å². The molecule has 0 aromatic carbocycles. The number of carbonyl (C=O) groups excluding carboxylic acids is 1. The van der Waals surface area contributed by atoms with Crippen molar-refractivity contribution in [2.45, 2.75) is 25.1 Å². The number of alkyl halides is 3. The Morgan fingerprint density at radius 3 is 2.89 bits per heavy atom. The van der Waals surface area contributed by atoms with Gasteiger partial charge in [-0.2, -0.15) is 18.3 Å². The Hall–Kier alpha value is -3.21. The van der Waals surface area contributed by atoms with Gasteiger partial charge in [-0.05, 0) is 37.6 Å². The van der Waals surface area contributed by atoms with Gasteiger partial charge in [0.2, 0.25) is 5.91 Å². The highest BCUT2D eigenvalue weighted by molar-refractivity contribution is 5.94. The van der Waals surface area contributed by atoms with Crippen molar-refractivity contribution in [2.75, 3.05) is 17.6 Å². The Morgan fingerprint density at radius 2 is 2.18 bits per heavy atom. The van der Waals surface area contributed by atoms with E-state index in [4.69, 9.17) is 5.73 Å². The molecule has 0 bridgehead atoms. The summed E-state index contributed by atoms with van der Waals surface area (Å²) in [6.45, 7) is 0.795. The summed E-state index contributed by atoms with van der Waals surface area (Å²) in [4.78, 5) is 20.0. The summed E-state index contributed by atoms with van der Waals surface area (Å²) in [5.41, 5.74) is 5.18. The highest BCUT2D eigenvalue weighted by Gasteiger charge is 2.34. The van der Waals surface area contributed by atoms with E-state index in [-0.39, 0.29) is 23.2 Å². The molecule has 4 rings (SSSR count). The van der Waals surface area contributed by atoms with Crippen LogP contribution in [0.3, 0.4) is 0 Å². The van der Waals surface area contributed by atoms with Gasteiger partial charge in [0.15, 0.2) is 11.5 Å². The first-order valence-corrected chi connectivity index (χ1v) is 8.55. The molecule has 1 aliphatic heterocycles. The number of hydrogen-bond acceptors (Lipinski definition) is 6. The molecule has 1 saturated heterocycles. The molecule has 1 amide bonds. The topological polar surface area (TPSA) is 110 Å². The van der Waals surface area contributed by atoms with Gasteiger partial charge < -0.3 is 16.4 Å². The van der Waals surface area contributed by atoms with Gasteiger partial charge in [-0.1, -0.05) is 0 Å². The average Bonchev–Trinajstić information content (AvgIpc) is 3.30. The molecule has 28 heavy (non-hydrogen) atoms. The van der Waals surface area contributed by atoms with Gasteiger partial charge in [0, 0.05) is 11.8 Å². The van der Waals surface area contributed by atoms with E-state index < -0.39 is 17.6 Å². The van der Waals surface area contributed by atoms with Gasteiger partial charge in [0.25, 0.3) is 0 Å². The third-order valence-corrected chi connectivity index (χ3v) is 4.47. The fourth-order valence-corrected chi connectivity index (χ4v) is 3.06. The van der Waals surface area contributed by atoms with Crippen LogP contribution < -0.4 is 16.4 Å². The van der Waals surface area contributed by atoms with Crippen molar-refractivity contribution >= 4 is 23.2 Å². The number of nitrogens with two attached hydrogens (primary N) is 1. The van der Waals surface area contributed by atoms with Crippen molar-refractivity contribution in [3.05, 3.63) is 36.2 Å². The molecule has 1 aliphatic rings. The third kappa shape index (κ3) is 3.48. The first-order valence-electron chi connectivity index (χ1n) is 8.55. The Kier molecular flexibility index (Phi) is 4.38. The quantitative estimate of drug-likeness (QED) is 0.631. The Labute approximate surface area is 157 Å². The number of nitrogens with one attached hydrogen (secondary N) is 2. The minimum absolute atomic E-state index is 0.165. The lowest BCUT2D eigenvalue weighted by Crippen LogP contribution is -2.35. The molecule has 4 N–H and O–H groups in total. The molecule has 0 unspecified atom stereocenters. The number of fused-ring (bicyclic) bond motifs is 1. The maximum absolute atomic E-state index is 13.0. The number of nitrogens with zero attached hydrogens (tertiary/aromatic N) is 4. The van der Waals surface area contributed by atoms with E-state index in [2.05, 4.69) is 25.7 Å². The van der Waals surface area contributed by atoms with Gasteiger partial charge >= 0.3 is 6.18 Å². The van der Waals surface area contributed by atoms with Crippen molar-refractivity contribution in [1.82, 2.24) is 24.9 Å². The van der Waals surface area contributed by atoms with Gasteiger partial charge in [-0.15, -0.1) is 0 Å². The number of rotatable bonds is 3. The third-order valence-electron chi connectivity index (χ3n) is 4.47. The summed E-state index contributed by atoms with van der Waals surface area (Å²) in [6, 6.07) is 3.77. The SMILES string of the molecule is Nc1ncc(-c2ccc3nc(NC(=O)[C@@H]4CCCN4)cn3n2)cc1C(F)(F)F. The maximum atomic E-state index is 13.0. The van der Waals surface area contributed by atoms with Gasteiger partial charge in [-0.3, -0.25) is 4.79 Å². The second-order valence-corrected chi connectivity index (χ2v) is 6.44. The second kappa shape index (κ2) is 6.75. The zero-order chi connectivity index (χ0) is 19.9. The number of anilines is 2. The summed E-state index contributed by atoms with van der Waals surface area (Å²) in [5.74, 6) is -0.459. The molecule has 0 radical (unpaired) electrons. The predicted molar refractivity (Wildman–Crippen MR) is 95.3 cm³/mol. The molecule has 146 valence electrons. The number of hydrogen-bond donors (Lipinski definition) is 3. The summed E-state index contributed by atoms with van der Waals surface area (Å²) >= 11 is 0. The van der Waals surface area contributed by atoms with E-state index in [1.807, 2.05) is 0 Å². The summed E-state index contributed by atoms with van der Waals surface area (Å²) in [5, 5.41) is 10.1. The molecule has 0 saturated carbocycles. The first kappa shape index (κ1) is 18.2. The zero-order valence-electron chi connectivity index (χ0n) is 14.5. The van der Waals surface area contributed by atoms with Crippen LogP contribution in [0.15, 0.2) is 30.6 Å². The van der Waals surface area contributed by atoms with E-state index >= 15 is 0 Å². The predicted octanol–water partition coefficient (Wildman–Crippen LogP) is 2.08. The smallest absolute Gasteiger partial charge is 0.383 e. The highest BCUT2D eigenvalue weighted by Crippen LogP contribution is 2.34. The van der Waals surface area contributed by atoms with Crippen molar-refractivity contribution in [1.29, 1.82) is 0 Å². The molecule has 8 nitrogen and oxygen atoms in total. The minimum atomic E-state index is -4.61. The molecule has 1 atom stereocenters. The number of nitrogen functional groups attached to an aromatic ring is 1. The van der Waals surface area contributed by atoms with E-state index in [9.17, 15) is 18.0 Å². The van der Waals surface area contributed by atoms with E-state index in [0.29, 0.717) is 11.5 Å².